The molecular formula is C25H38N8O2. The van der Waals surface area contributed by atoms with Crippen molar-refractivity contribution in [3.63, 3.8) is 0 Å². The Labute approximate surface area is 207 Å². The smallest absolute Gasteiger partial charge is 0.239 e. The summed E-state index contributed by atoms with van der Waals surface area (Å²) in [5.74, 6) is 1.59. The van der Waals surface area contributed by atoms with Crippen LogP contribution in [0.15, 0.2) is 24.5 Å². The van der Waals surface area contributed by atoms with Crippen LogP contribution in [-0.4, -0.2) is 80.4 Å². The normalized spacial score (nSPS) is 20.8. The molecule has 3 fully saturated rings. The van der Waals surface area contributed by atoms with E-state index in [1.165, 1.54) is 25.7 Å². The molecule has 2 saturated carbocycles. The summed E-state index contributed by atoms with van der Waals surface area (Å²) in [5, 5.41) is 15.0. The van der Waals surface area contributed by atoms with Crippen molar-refractivity contribution in [2.45, 2.75) is 69.9 Å². The van der Waals surface area contributed by atoms with Gasteiger partial charge in [0.15, 0.2) is 0 Å². The van der Waals surface area contributed by atoms with E-state index in [2.05, 4.69) is 30.6 Å². The van der Waals surface area contributed by atoms with Crippen LogP contribution in [0.5, 0.6) is 0 Å². The first-order valence-corrected chi connectivity index (χ1v) is 13.3. The summed E-state index contributed by atoms with van der Waals surface area (Å²) in [5.41, 5.74) is 0. The van der Waals surface area contributed by atoms with Gasteiger partial charge in [0.2, 0.25) is 11.8 Å². The van der Waals surface area contributed by atoms with Crippen LogP contribution in [0.2, 0.25) is 0 Å². The number of anilines is 2. The SMILES string of the molecule is O=C(CN1CCCN(CC(=O)Nc2ccnn2C2CCCC2)CC1)Nc1ccnn1C1CCCC1. The maximum absolute atomic E-state index is 12.8. The minimum Gasteiger partial charge on any atom is -0.310 e. The molecule has 1 aliphatic heterocycles. The van der Waals surface area contributed by atoms with Crippen LogP contribution in [0.3, 0.4) is 0 Å². The van der Waals surface area contributed by atoms with Crippen LogP contribution in [0, 0.1) is 0 Å². The summed E-state index contributed by atoms with van der Waals surface area (Å²) < 4.78 is 3.96. The molecule has 2 N–H and O–H groups in total. The topological polar surface area (TPSA) is 100 Å². The highest BCUT2D eigenvalue weighted by Gasteiger charge is 2.24. The minimum atomic E-state index is -0.00360. The lowest BCUT2D eigenvalue weighted by atomic mass is 10.2. The molecule has 2 aromatic rings. The fourth-order valence-electron chi connectivity index (χ4n) is 5.82. The van der Waals surface area contributed by atoms with E-state index in [9.17, 15) is 9.59 Å². The lowest BCUT2D eigenvalue weighted by Gasteiger charge is -2.22. The molecule has 0 atom stereocenters. The Morgan fingerprint density at radius 1 is 0.686 bits per heavy atom. The van der Waals surface area contributed by atoms with Gasteiger partial charge in [0, 0.05) is 25.2 Å². The molecule has 3 heterocycles. The lowest BCUT2D eigenvalue weighted by molar-refractivity contribution is -0.118. The van der Waals surface area contributed by atoms with Crippen molar-refractivity contribution in [2.75, 3.05) is 49.9 Å². The largest absolute Gasteiger partial charge is 0.310 e. The molecule has 2 amide bonds. The van der Waals surface area contributed by atoms with Crippen LogP contribution in [0.1, 0.15) is 69.9 Å². The number of hydrogen-bond donors (Lipinski definition) is 2. The van der Waals surface area contributed by atoms with Crippen molar-refractivity contribution in [1.82, 2.24) is 29.4 Å². The first-order valence-electron chi connectivity index (χ1n) is 13.3. The number of hydrogen-bond acceptors (Lipinski definition) is 6. The molecule has 0 unspecified atom stereocenters. The van der Waals surface area contributed by atoms with Gasteiger partial charge < -0.3 is 10.6 Å². The average molecular weight is 483 g/mol. The second-order valence-electron chi connectivity index (χ2n) is 10.2. The van der Waals surface area contributed by atoms with Crippen molar-refractivity contribution in [2.24, 2.45) is 0 Å². The predicted molar refractivity (Wildman–Crippen MR) is 134 cm³/mol. The van der Waals surface area contributed by atoms with Gasteiger partial charge in [-0.25, -0.2) is 9.36 Å². The van der Waals surface area contributed by atoms with E-state index in [4.69, 9.17) is 0 Å². The molecule has 190 valence electrons. The van der Waals surface area contributed by atoms with Crippen LogP contribution in [-0.2, 0) is 9.59 Å². The van der Waals surface area contributed by atoms with Crippen LogP contribution in [0.4, 0.5) is 11.6 Å². The first-order chi connectivity index (χ1) is 17.2. The Morgan fingerprint density at radius 3 is 1.54 bits per heavy atom. The van der Waals surface area contributed by atoms with Crippen molar-refractivity contribution >= 4 is 23.5 Å². The molecule has 0 radical (unpaired) electrons. The van der Waals surface area contributed by atoms with Gasteiger partial charge in [0.25, 0.3) is 0 Å². The van der Waals surface area contributed by atoms with Crippen LogP contribution >= 0.6 is 0 Å². The Kier molecular flexibility index (Phi) is 7.78. The maximum Gasteiger partial charge on any atom is 0.239 e. The van der Waals surface area contributed by atoms with Gasteiger partial charge in [-0.2, -0.15) is 10.2 Å². The number of aromatic nitrogens is 4. The lowest BCUT2D eigenvalue weighted by Crippen LogP contribution is -2.38. The summed E-state index contributed by atoms with van der Waals surface area (Å²) in [6.07, 6.45) is 13.9. The van der Waals surface area contributed by atoms with Gasteiger partial charge in [-0.05, 0) is 45.2 Å². The van der Waals surface area contributed by atoms with E-state index in [0.29, 0.717) is 25.2 Å². The molecule has 35 heavy (non-hydrogen) atoms. The second kappa shape index (κ2) is 11.3. The Hall–Kier alpha value is -2.72. The fraction of sp³-hybridized carbons (Fsp3) is 0.680. The Bertz CT molecular complexity index is 911. The van der Waals surface area contributed by atoms with Gasteiger partial charge >= 0.3 is 0 Å². The van der Waals surface area contributed by atoms with Gasteiger partial charge in [-0.3, -0.25) is 19.4 Å². The molecular weight excluding hydrogens is 444 g/mol. The standard InChI is InChI=1S/C25H38N8O2/c34-24(28-22-10-12-26-32(22)20-6-1-2-7-20)18-30-14-5-15-31(17-16-30)19-25(35)29-23-11-13-27-33(23)21-8-3-4-9-21/h10-13,20-21H,1-9,14-19H2,(H,28,34)(H,29,35). The predicted octanol–water partition coefficient (Wildman–Crippen LogP) is 2.89. The first kappa shape index (κ1) is 24.0. The van der Waals surface area contributed by atoms with Crippen molar-refractivity contribution in [3.8, 4) is 0 Å². The van der Waals surface area contributed by atoms with Gasteiger partial charge in [-0.1, -0.05) is 25.7 Å². The molecule has 2 aliphatic carbocycles. The van der Waals surface area contributed by atoms with E-state index in [0.717, 1.165) is 69.9 Å². The van der Waals surface area contributed by atoms with Gasteiger partial charge in [0.05, 0.1) is 37.6 Å². The zero-order valence-electron chi connectivity index (χ0n) is 20.6. The quantitative estimate of drug-likeness (QED) is 0.600. The Morgan fingerprint density at radius 2 is 1.11 bits per heavy atom. The highest BCUT2D eigenvalue weighted by Crippen LogP contribution is 2.32. The third kappa shape index (κ3) is 6.10. The molecule has 0 bridgehead atoms. The van der Waals surface area contributed by atoms with Gasteiger partial charge in [-0.15, -0.1) is 0 Å². The molecule has 3 aliphatic rings. The minimum absolute atomic E-state index is 0.00360. The number of nitrogens with one attached hydrogen (secondary N) is 2. The summed E-state index contributed by atoms with van der Waals surface area (Å²) >= 11 is 0. The van der Waals surface area contributed by atoms with E-state index >= 15 is 0 Å². The highest BCUT2D eigenvalue weighted by atomic mass is 16.2. The molecule has 10 heteroatoms. The number of nitrogens with zero attached hydrogens (tertiary/aromatic N) is 6. The molecule has 1 saturated heterocycles. The summed E-state index contributed by atoms with van der Waals surface area (Å²) in [7, 11) is 0. The maximum atomic E-state index is 12.8. The van der Waals surface area contributed by atoms with Crippen LogP contribution in [0.25, 0.3) is 0 Å². The highest BCUT2D eigenvalue weighted by molar-refractivity contribution is 5.92. The summed E-state index contributed by atoms with van der Waals surface area (Å²) in [6.45, 7) is 3.95. The monoisotopic (exact) mass is 482 g/mol. The number of amides is 2. The molecule has 5 rings (SSSR count). The second-order valence-corrected chi connectivity index (χ2v) is 10.2. The molecule has 0 spiro atoms. The van der Waals surface area contributed by atoms with Gasteiger partial charge in [0.1, 0.15) is 11.6 Å². The van der Waals surface area contributed by atoms with Crippen LogP contribution < -0.4 is 10.6 Å². The molecule has 2 aromatic heterocycles. The zero-order chi connectivity index (χ0) is 24.0. The third-order valence-electron chi connectivity index (χ3n) is 7.63. The molecule has 0 aromatic carbocycles. The molecule has 10 nitrogen and oxygen atoms in total. The zero-order valence-corrected chi connectivity index (χ0v) is 20.6. The third-order valence-corrected chi connectivity index (χ3v) is 7.63. The average Bonchev–Trinajstić information content (AvgIpc) is 3.63. The summed E-state index contributed by atoms with van der Waals surface area (Å²) in [6, 6.07) is 4.57. The van der Waals surface area contributed by atoms with Crippen molar-refractivity contribution < 1.29 is 9.59 Å². The summed E-state index contributed by atoms with van der Waals surface area (Å²) in [4.78, 5) is 29.9. The van der Waals surface area contributed by atoms with E-state index < -0.39 is 0 Å². The van der Waals surface area contributed by atoms with Crippen molar-refractivity contribution in [3.05, 3.63) is 24.5 Å². The van der Waals surface area contributed by atoms with Crippen molar-refractivity contribution in [1.29, 1.82) is 0 Å². The Balaban J connectivity index is 1.07. The van der Waals surface area contributed by atoms with E-state index in [1.54, 1.807) is 12.4 Å². The number of rotatable bonds is 8. The van der Waals surface area contributed by atoms with E-state index in [-0.39, 0.29) is 11.8 Å². The number of carbonyl (C=O) groups is 2. The fourth-order valence-corrected chi connectivity index (χ4v) is 5.82. The van der Waals surface area contributed by atoms with E-state index in [1.807, 2.05) is 21.5 Å². The number of carbonyl (C=O) groups excluding carboxylic acids is 2.